The Bertz CT molecular complexity index is 341. The number of hydrogen-bond donors (Lipinski definition) is 2. The summed E-state index contributed by atoms with van der Waals surface area (Å²) in [5.74, 6) is 0. The zero-order chi connectivity index (χ0) is 8.39. The van der Waals surface area contributed by atoms with Gasteiger partial charge in [0.1, 0.15) is 0 Å². The summed E-state index contributed by atoms with van der Waals surface area (Å²) >= 11 is 0. The van der Waals surface area contributed by atoms with E-state index in [9.17, 15) is 0 Å². The molecule has 0 aromatic heterocycles. The van der Waals surface area contributed by atoms with Gasteiger partial charge in [-0.15, -0.1) is 0 Å². The molecule has 1 heterocycles. The van der Waals surface area contributed by atoms with Crippen molar-refractivity contribution < 1.29 is 0 Å². The lowest BCUT2D eigenvalue weighted by Gasteiger charge is -2.02. The van der Waals surface area contributed by atoms with Crippen molar-refractivity contribution in [2.24, 2.45) is 5.10 Å². The minimum absolute atomic E-state index is 0.535. The van der Waals surface area contributed by atoms with Crippen molar-refractivity contribution in [3.8, 4) is 0 Å². The van der Waals surface area contributed by atoms with Gasteiger partial charge in [-0.2, -0.15) is 5.10 Å². The number of fused-ring (bicyclic) bond motifs is 1. The standard InChI is InChI=1S/C9H9N3/c10-8-5-7-3-1-2-4-9(7)12-11-6-8/h1-4,6,10,12H,5H2. The Balaban J connectivity index is 2.44. The largest absolute Gasteiger partial charge is 0.303 e. The quantitative estimate of drug-likeness (QED) is 0.594. The highest BCUT2D eigenvalue weighted by atomic mass is 15.3. The van der Waals surface area contributed by atoms with Gasteiger partial charge in [-0.05, 0) is 11.6 Å². The van der Waals surface area contributed by atoms with Crippen LogP contribution in [0.15, 0.2) is 29.4 Å². The van der Waals surface area contributed by atoms with Crippen molar-refractivity contribution in [1.29, 1.82) is 5.41 Å². The number of anilines is 1. The van der Waals surface area contributed by atoms with E-state index in [2.05, 4.69) is 10.5 Å². The molecule has 0 fully saturated rings. The molecular formula is C9H9N3. The molecule has 0 atom stereocenters. The molecule has 0 amide bonds. The van der Waals surface area contributed by atoms with Crippen LogP contribution >= 0.6 is 0 Å². The summed E-state index contributed by atoms with van der Waals surface area (Å²) in [4.78, 5) is 0. The minimum Gasteiger partial charge on any atom is -0.303 e. The van der Waals surface area contributed by atoms with E-state index in [-0.39, 0.29) is 0 Å². The van der Waals surface area contributed by atoms with Crippen LogP contribution in [0.2, 0.25) is 0 Å². The number of benzene rings is 1. The molecule has 3 heteroatoms. The Morgan fingerprint density at radius 1 is 1.33 bits per heavy atom. The van der Waals surface area contributed by atoms with Crippen LogP contribution in [0.1, 0.15) is 5.56 Å². The van der Waals surface area contributed by atoms with Gasteiger partial charge in [0.2, 0.25) is 0 Å². The number of nitrogens with zero attached hydrogens (tertiary/aromatic N) is 1. The normalized spacial score (nSPS) is 14.8. The minimum atomic E-state index is 0.535. The number of hydrazone groups is 1. The number of para-hydroxylation sites is 1. The molecule has 3 nitrogen and oxygen atoms in total. The molecule has 0 bridgehead atoms. The fourth-order valence-electron chi connectivity index (χ4n) is 1.21. The summed E-state index contributed by atoms with van der Waals surface area (Å²) in [6.45, 7) is 0. The number of nitrogens with one attached hydrogen (secondary N) is 2. The SMILES string of the molecule is N=C1C=NNc2ccccc2C1. The van der Waals surface area contributed by atoms with Crippen LogP contribution in [0.5, 0.6) is 0 Å². The predicted molar refractivity (Wildman–Crippen MR) is 50.0 cm³/mol. The van der Waals surface area contributed by atoms with Crippen LogP contribution in [-0.4, -0.2) is 11.9 Å². The van der Waals surface area contributed by atoms with Crippen LogP contribution < -0.4 is 5.43 Å². The maximum atomic E-state index is 7.47. The van der Waals surface area contributed by atoms with Gasteiger partial charge in [-0.25, -0.2) is 0 Å². The van der Waals surface area contributed by atoms with E-state index < -0.39 is 0 Å². The van der Waals surface area contributed by atoms with Crippen LogP contribution in [-0.2, 0) is 6.42 Å². The summed E-state index contributed by atoms with van der Waals surface area (Å²) in [7, 11) is 0. The molecule has 1 aliphatic rings. The van der Waals surface area contributed by atoms with E-state index in [0.29, 0.717) is 12.1 Å². The van der Waals surface area contributed by atoms with E-state index in [4.69, 9.17) is 5.41 Å². The summed E-state index contributed by atoms with van der Waals surface area (Å²) < 4.78 is 0. The first-order valence-corrected chi connectivity index (χ1v) is 3.80. The lowest BCUT2D eigenvalue weighted by molar-refractivity contribution is 1.29. The monoisotopic (exact) mass is 159 g/mol. The molecule has 1 aromatic rings. The second-order valence-electron chi connectivity index (χ2n) is 2.73. The maximum Gasteiger partial charge on any atom is 0.0683 e. The van der Waals surface area contributed by atoms with Crippen molar-refractivity contribution in [2.75, 3.05) is 5.43 Å². The third-order valence-corrected chi connectivity index (χ3v) is 1.80. The van der Waals surface area contributed by atoms with Gasteiger partial charge in [-0.3, -0.25) is 5.43 Å². The fraction of sp³-hybridized carbons (Fsp3) is 0.111. The van der Waals surface area contributed by atoms with Crippen LogP contribution in [0.3, 0.4) is 0 Å². The number of hydrogen-bond acceptors (Lipinski definition) is 3. The third-order valence-electron chi connectivity index (χ3n) is 1.80. The summed E-state index contributed by atoms with van der Waals surface area (Å²) in [5.41, 5.74) is 5.54. The summed E-state index contributed by atoms with van der Waals surface area (Å²) in [5, 5.41) is 11.4. The van der Waals surface area contributed by atoms with Gasteiger partial charge in [0, 0.05) is 6.42 Å². The lowest BCUT2D eigenvalue weighted by atomic mass is 10.1. The zero-order valence-electron chi connectivity index (χ0n) is 6.54. The van der Waals surface area contributed by atoms with Gasteiger partial charge in [0.25, 0.3) is 0 Å². The Hall–Kier alpha value is -1.64. The first kappa shape index (κ1) is 7.03. The molecule has 0 radical (unpaired) electrons. The average Bonchev–Trinajstić information content (AvgIpc) is 2.25. The van der Waals surface area contributed by atoms with Crippen LogP contribution in [0.4, 0.5) is 5.69 Å². The highest BCUT2D eigenvalue weighted by Crippen LogP contribution is 2.16. The lowest BCUT2D eigenvalue weighted by Crippen LogP contribution is -2.00. The van der Waals surface area contributed by atoms with E-state index in [1.165, 1.54) is 0 Å². The second-order valence-corrected chi connectivity index (χ2v) is 2.73. The molecule has 0 aliphatic carbocycles. The number of rotatable bonds is 0. The topological polar surface area (TPSA) is 48.2 Å². The molecule has 1 aromatic carbocycles. The Morgan fingerprint density at radius 3 is 3.08 bits per heavy atom. The van der Waals surface area contributed by atoms with Gasteiger partial charge in [-0.1, -0.05) is 18.2 Å². The average molecular weight is 159 g/mol. The molecule has 0 saturated carbocycles. The predicted octanol–water partition coefficient (Wildman–Crippen LogP) is 1.66. The Morgan fingerprint density at radius 2 is 2.17 bits per heavy atom. The fourth-order valence-corrected chi connectivity index (χ4v) is 1.21. The van der Waals surface area contributed by atoms with E-state index in [0.717, 1.165) is 11.3 Å². The van der Waals surface area contributed by atoms with Gasteiger partial charge < -0.3 is 5.41 Å². The van der Waals surface area contributed by atoms with E-state index in [1.54, 1.807) is 6.21 Å². The maximum absolute atomic E-state index is 7.47. The van der Waals surface area contributed by atoms with Crippen molar-refractivity contribution >= 4 is 17.6 Å². The molecule has 2 N–H and O–H groups in total. The highest BCUT2D eigenvalue weighted by Gasteiger charge is 2.05. The second kappa shape index (κ2) is 2.77. The molecule has 0 unspecified atom stereocenters. The Kier molecular flexibility index (Phi) is 1.63. The molecule has 12 heavy (non-hydrogen) atoms. The van der Waals surface area contributed by atoms with Gasteiger partial charge in [0.15, 0.2) is 0 Å². The first-order chi connectivity index (χ1) is 5.86. The van der Waals surface area contributed by atoms with Gasteiger partial charge >= 0.3 is 0 Å². The molecule has 0 saturated heterocycles. The first-order valence-electron chi connectivity index (χ1n) is 3.80. The van der Waals surface area contributed by atoms with Crippen LogP contribution in [0.25, 0.3) is 0 Å². The third kappa shape index (κ3) is 1.21. The van der Waals surface area contributed by atoms with Crippen molar-refractivity contribution in [2.45, 2.75) is 6.42 Å². The zero-order valence-corrected chi connectivity index (χ0v) is 6.54. The smallest absolute Gasteiger partial charge is 0.0683 e. The Labute approximate surface area is 70.6 Å². The summed E-state index contributed by atoms with van der Waals surface area (Å²) in [6, 6.07) is 7.90. The van der Waals surface area contributed by atoms with Gasteiger partial charge in [0.05, 0.1) is 17.6 Å². The van der Waals surface area contributed by atoms with Crippen molar-refractivity contribution in [3.63, 3.8) is 0 Å². The van der Waals surface area contributed by atoms with Crippen molar-refractivity contribution in [3.05, 3.63) is 29.8 Å². The summed E-state index contributed by atoms with van der Waals surface area (Å²) in [6.07, 6.45) is 2.20. The molecule has 60 valence electrons. The molecule has 0 spiro atoms. The molecular weight excluding hydrogens is 150 g/mol. The molecule has 2 rings (SSSR count). The van der Waals surface area contributed by atoms with E-state index >= 15 is 0 Å². The molecule has 1 aliphatic heterocycles. The van der Waals surface area contributed by atoms with Crippen molar-refractivity contribution in [1.82, 2.24) is 0 Å². The van der Waals surface area contributed by atoms with E-state index in [1.807, 2.05) is 24.3 Å². The highest BCUT2D eigenvalue weighted by molar-refractivity contribution is 6.30. The van der Waals surface area contributed by atoms with Crippen LogP contribution in [0, 0.1) is 5.41 Å².